The number of hydrogen-bond acceptors (Lipinski definition) is 3. The Morgan fingerprint density at radius 1 is 1.29 bits per heavy atom. The highest BCUT2D eigenvalue weighted by Crippen LogP contribution is 2.21. The van der Waals surface area contributed by atoms with Crippen LogP contribution in [0.25, 0.3) is 0 Å². The van der Waals surface area contributed by atoms with E-state index in [9.17, 15) is 14.7 Å². The molecule has 0 spiro atoms. The molecule has 2 N–H and O–H groups in total. The lowest BCUT2D eigenvalue weighted by atomic mass is 9.92. The van der Waals surface area contributed by atoms with Crippen LogP contribution in [0.15, 0.2) is 0 Å². The Labute approximate surface area is 101 Å². The van der Waals surface area contributed by atoms with E-state index in [1.807, 2.05) is 0 Å². The number of aliphatic carboxylic acids is 1. The highest BCUT2D eigenvalue weighted by Gasteiger charge is 2.24. The second-order valence-electron chi connectivity index (χ2n) is 4.71. The van der Waals surface area contributed by atoms with Crippen LogP contribution in [0.3, 0.4) is 0 Å². The van der Waals surface area contributed by atoms with Gasteiger partial charge in [-0.25, -0.2) is 0 Å². The van der Waals surface area contributed by atoms with E-state index in [1.54, 1.807) is 11.8 Å². The van der Waals surface area contributed by atoms with Gasteiger partial charge in [0.2, 0.25) is 5.91 Å². The third kappa shape index (κ3) is 4.73. The number of rotatable bonds is 5. The summed E-state index contributed by atoms with van der Waals surface area (Å²) in [5.74, 6) is -0.529. The molecular weight excluding hydrogens is 222 g/mol. The smallest absolute Gasteiger partial charge is 0.303 e. The van der Waals surface area contributed by atoms with Crippen LogP contribution >= 0.6 is 0 Å². The van der Waals surface area contributed by atoms with Crippen LogP contribution < -0.4 is 0 Å². The summed E-state index contributed by atoms with van der Waals surface area (Å²) in [6, 6.07) is 0. The Hall–Kier alpha value is -1.10. The lowest BCUT2D eigenvalue weighted by Crippen LogP contribution is -2.40. The van der Waals surface area contributed by atoms with E-state index < -0.39 is 5.97 Å². The van der Waals surface area contributed by atoms with Gasteiger partial charge in [0.05, 0.1) is 6.10 Å². The van der Waals surface area contributed by atoms with Gasteiger partial charge in [0.1, 0.15) is 0 Å². The Morgan fingerprint density at radius 2 is 1.88 bits per heavy atom. The number of carboxylic acid groups (broad SMARTS) is 1. The topological polar surface area (TPSA) is 77.8 Å². The molecule has 0 saturated carbocycles. The third-order valence-electron chi connectivity index (χ3n) is 3.36. The molecular formula is C12H21NO4. The monoisotopic (exact) mass is 243 g/mol. The summed E-state index contributed by atoms with van der Waals surface area (Å²) in [6.07, 6.45) is 2.13. The molecule has 5 nitrogen and oxygen atoms in total. The van der Waals surface area contributed by atoms with Gasteiger partial charge in [0, 0.05) is 25.9 Å². The van der Waals surface area contributed by atoms with Crippen LogP contribution in [0.4, 0.5) is 0 Å². The highest BCUT2D eigenvalue weighted by molar-refractivity contribution is 5.77. The average molecular weight is 243 g/mol. The first-order valence-electron chi connectivity index (χ1n) is 6.18. The molecule has 1 aliphatic rings. The van der Waals surface area contributed by atoms with Crippen molar-refractivity contribution >= 4 is 11.9 Å². The molecule has 0 radical (unpaired) electrons. The number of carbonyl (C=O) groups excluding carboxylic acids is 1. The summed E-state index contributed by atoms with van der Waals surface area (Å²) in [5.41, 5.74) is 0. The van der Waals surface area contributed by atoms with Crippen molar-refractivity contribution in [3.63, 3.8) is 0 Å². The van der Waals surface area contributed by atoms with Crippen molar-refractivity contribution in [2.24, 2.45) is 5.92 Å². The maximum atomic E-state index is 11.7. The van der Waals surface area contributed by atoms with Gasteiger partial charge in [-0.2, -0.15) is 0 Å². The minimum absolute atomic E-state index is 0.0373. The lowest BCUT2D eigenvalue weighted by Gasteiger charge is -2.33. The second-order valence-corrected chi connectivity index (χ2v) is 4.71. The maximum Gasteiger partial charge on any atom is 0.303 e. The quantitative estimate of drug-likeness (QED) is 0.750. The zero-order chi connectivity index (χ0) is 12.8. The standard InChI is InChI=1S/C12H21NO4/c1-9(14)10-5-7-13(8-6-10)11(15)3-2-4-12(16)17/h9-10,14H,2-8H2,1H3,(H,16,17). The minimum atomic E-state index is -0.856. The van der Waals surface area contributed by atoms with E-state index in [2.05, 4.69) is 0 Å². The highest BCUT2D eigenvalue weighted by atomic mass is 16.4. The van der Waals surface area contributed by atoms with E-state index in [-0.39, 0.29) is 24.3 Å². The van der Waals surface area contributed by atoms with Gasteiger partial charge in [-0.15, -0.1) is 0 Å². The zero-order valence-electron chi connectivity index (χ0n) is 10.3. The van der Waals surface area contributed by atoms with Crippen molar-refractivity contribution in [2.75, 3.05) is 13.1 Å². The van der Waals surface area contributed by atoms with E-state index >= 15 is 0 Å². The predicted molar refractivity (Wildman–Crippen MR) is 62.5 cm³/mol. The summed E-state index contributed by atoms with van der Waals surface area (Å²) < 4.78 is 0. The first-order valence-corrected chi connectivity index (χ1v) is 6.18. The van der Waals surface area contributed by atoms with Crippen LogP contribution in [0.5, 0.6) is 0 Å². The Morgan fingerprint density at radius 3 is 2.35 bits per heavy atom. The molecule has 1 heterocycles. The number of piperidine rings is 1. The average Bonchev–Trinajstić information content (AvgIpc) is 2.28. The SMILES string of the molecule is CC(O)C1CCN(C(=O)CCCC(=O)O)CC1. The van der Waals surface area contributed by atoms with E-state index in [0.29, 0.717) is 25.9 Å². The molecule has 1 rings (SSSR count). The van der Waals surface area contributed by atoms with Gasteiger partial charge in [-0.1, -0.05) is 0 Å². The fourth-order valence-electron chi connectivity index (χ4n) is 2.18. The fourth-order valence-corrected chi connectivity index (χ4v) is 2.18. The summed E-state index contributed by atoms with van der Waals surface area (Å²) >= 11 is 0. The van der Waals surface area contributed by atoms with E-state index in [4.69, 9.17) is 5.11 Å². The molecule has 0 aromatic rings. The normalized spacial score (nSPS) is 19.1. The fraction of sp³-hybridized carbons (Fsp3) is 0.833. The number of aliphatic hydroxyl groups is 1. The maximum absolute atomic E-state index is 11.7. The van der Waals surface area contributed by atoms with Crippen molar-refractivity contribution in [2.45, 2.75) is 45.1 Å². The second kappa shape index (κ2) is 6.59. The zero-order valence-corrected chi connectivity index (χ0v) is 10.3. The van der Waals surface area contributed by atoms with Crippen molar-refractivity contribution < 1.29 is 19.8 Å². The molecule has 0 aliphatic carbocycles. The first-order chi connectivity index (χ1) is 8.00. The van der Waals surface area contributed by atoms with Gasteiger partial charge in [-0.05, 0) is 32.1 Å². The summed E-state index contributed by atoms with van der Waals surface area (Å²) in [6.45, 7) is 3.15. The van der Waals surface area contributed by atoms with Gasteiger partial charge in [-0.3, -0.25) is 9.59 Å². The number of carboxylic acids is 1. The molecule has 0 aromatic heterocycles. The number of amides is 1. The molecule has 1 saturated heterocycles. The predicted octanol–water partition coefficient (Wildman–Crippen LogP) is 0.861. The minimum Gasteiger partial charge on any atom is -0.481 e. The third-order valence-corrected chi connectivity index (χ3v) is 3.36. The van der Waals surface area contributed by atoms with Gasteiger partial charge in [0.15, 0.2) is 0 Å². The molecule has 1 amide bonds. The van der Waals surface area contributed by atoms with Crippen LogP contribution in [-0.2, 0) is 9.59 Å². The summed E-state index contributed by atoms with van der Waals surface area (Å²) in [4.78, 5) is 23.8. The van der Waals surface area contributed by atoms with Crippen molar-refractivity contribution in [1.29, 1.82) is 0 Å². The number of hydrogen-bond donors (Lipinski definition) is 2. The molecule has 98 valence electrons. The van der Waals surface area contributed by atoms with Gasteiger partial charge < -0.3 is 15.1 Å². The molecule has 5 heteroatoms. The van der Waals surface area contributed by atoms with Gasteiger partial charge in [0.25, 0.3) is 0 Å². The number of nitrogens with zero attached hydrogens (tertiary/aromatic N) is 1. The Balaban J connectivity index is 2.24. The van der Waals surface area contributed by atoms with Crippen molar-refractivity contribution in [3.05, 3.63) is 0 Å². The molecule has 1 aliphatic heterocycles. The molecule has 1 unspecified atom stereocenters. The molecule has 1 atom stereocenters. The molecule has 1 fully saturated rings. The first kappa shape index (κ1) is 14.0. The molecule has 0 bridgehead atoms. The number of aliphatic hydroxyl groups excluding tert-OH is 1. The van der Waals surface area contributed by atoms with Crippen molar-refractivity contribution in [3.8, 4) is 0 Å². The van der Waals surface area contributed by atoms with Crippen molar-refractivity contribution in [1.82, 2.24) is 4.90 Å². The molecule has 0 aromatic carbocycles. The van der Waals surface area contributed by atoms with Crippen LogP contribution in [0, 0.1) is 5.92 Å². The van der Waals surface area contributed by atoms with Crippen LogP contribution in [-0.4, -0.2) is 46.2 Å². The van der Waals surface area contributed by atoms with Crippen LogP contribution in [0.1, 0.15) is 39.0 Å². The number of likely N-dealkylation sites (tertiary alicyclic amines) is 1. The van der Waals surface area contributed by atoms with Crippen LogP contribution in [0.2, 0.25) is 0 Å². The van der Waals surface area contributed by atoms with Gasteiger partial charge >= 0.3 is 5.97 Å². The Bertz CT molecular complexity index is 270. The van der Waals surface area contributed by atoms with E-state index in [1.165, 1.54) is 0 Å². The van der Waals surface area contributed by atoms with E-state index in [0.717, 1.165) is 12.8 Å². The Kier molecular flexibility index (Phi) is 5.41. The molecule has 17 heavy (non-hydrogen) atoms. The summed E-state index contributed by atoms with van der Waals surface area (Å²) in [5, 5.41) is 17.9. The number of carbonyl (C=O) groups is 2. The largest absolute Gasteiger partial charge is 0.481 e. The lowest BCUT2D eigenvalue weighted by molar-refractivity contribution is -0.137. The summed E-state index contributed by atoms with van der Waals surface area (Å²) in [7, 11) is 0.